The van der Waals surface area contributed by atoms with E-state index in [-0.39, 0.29) is 28.7 Å². The van der Waals surface area contributed by atoms with E-state index in [0.29, 0.717) is 6.42 Å². The topological polar surface area (TPSA) is 54.4 Å². The van der Waals surface area contributed by atoms with E-state index in [2.05, 4.69) is 59.8 Å². The number of aliphatic hydroxyl groups is 1. The van der Waals surface area contributed by atoms with Crippen LogP contribution < -0.4 is 0 Å². The van der Waals surface area contributed by atoms with Gasteiger partial charge < -0.3 is 5.11 Å². The average molecular weight is 399 g/mol. The standard InChI is InChI=1S/C26H38O3/c1-17(2)9-7-10-19(5)11-8-14-26(6)20(13-12-18(3)4)15-21-22(27)16-23(28)24(26)25(21)29/h9,11-12,16,20-21,24,27H,7-8,10,13-15H2,1-6H3/b19-11+/t20-,21+,24-,26+/m0/s1. The van der Waals surface area contributed by atoms with Gasteiger partial charge in [0.15, 0.2) is 11.6 Å². The van der Waals surface area contributed by atoms with Crippen LogP contribution in [0.3, 0.4) is 0 Å². The molecule has 0 aromatic carbocycles. The fraction of sp³-hybridized carbons (Fsp3) is 0.615. The molecule has 2 aliphatic carbocycles. The highest BCUT2D eigenvalue weighted by Gasteiger charge is 2.56. The van der Waals surface area contributed by atoms with Crippen LogP contribution in [0.1, 0.15) is 80.1 Å². The fourth-order valence-corrected chi connectivity index (χ4v) is 4.91. The van der Waals surface area contributed by atoms with Crippen molar-refractivity contribution in [2.45, 2.75) is 80.1 Å². The van der Waals surface area contributed by atoms with E-state index in [1.54, 1.807) is 0 Å². The van der Waals surface area contributed by atoms with E-state index in [0.717, 1.165) is 32.1 Å². The molecule has 3 heteroatoms. The molecular formula is C26H38O3. The molecule has 1 fully saturated rings. The molecule has 0 radical (unpaired) electrons. The molecule has 0 aromatic heterocycles. The summed E-state index contributed by atoms with van der Waals surface area (Å²) >= 11 is 0. The molecule has 29 heavy (non-hydrogen) atoms. The third-order valence-electron chi connectivity index (χ3n) is 6.75. The Bertz CT molecular complexity index is 757. The van der Waals surface area contributed by atoms with E-state index >= 15 is 0 Å². The lowest BCUT2D eigenvalue weighted by Gasteiger charge is -2.49. The summed E-state index contributed by atoms with van der Waals surface area (Å²) in [6.07, 6.45) is 13.3. The van der Waals surface area contributed by atoms with Gasteiger partial charge in [-0.1, -0.05) is 41.9 Å². The molecule has 0 saturated heterocycles. The van der Waals surface area contributed by atoms with Crippen LogP contribution in [0.15, 0.2) is 46.8 Å². The van der Waals surface area contributed by atoms with E-state index in [4.69, 9.17) is 0 Å². The van der Waals surface area contributed by atoms with Gasteiger partial charge in [-0.2, -0.15) is 0 Å². The van der Waals surface area contributed by atoms with Gasteiger partial charge in [-0.15, -0.1) is 0 Å². The quantitative estimate of drug-likeness (QED) is 0.367. The maximum absolute atomic E-state index is 13.0. The number of carbonyl (C=O) groups is 2. The molecule has 0 unspecified atom stereocenters. The monoisotopic (exact) mass is 398 g/mol. The predicted molar refractivity (Wildman–Crippen MR) is 120 cm³/mol. The molecule has 160 valence electrons. The van der Waals surface area contributed by atoms with Crippen molar-refractivity contribution in [2.75, 3.05) is 0 Å². The Labute approximate surface area is 176 Å². The summed E-state index contributed by atoms with van der Waals surface area (Å²) in [7, 11) is 0. The third kappa shape index (κ3) is 5.58. The van der Waals surface area contributed by atoms with Crippen LogP contribution in [0.25, 0.3) is 0 Å². The highest BCUT2D eigenvalue weighted by Crippen LogP contribution is 2.53. The van der Waals surface area contributed by atoms with E-state index in [9.17, 15) is 14.7 Å². The first kappa shape index (κ1) is 23.4. The van der Waals surface area contributed by atoms with E-state index < -0.39 is 11.8 Å². The van der Waals surface area contributed by atoms with Crippen molar-refractivity contribution in [3.05, 3.63) is 46.8 Å². The summed E-state index contributed by atoms with van der Waals surface area (Å²) in [4.78, 5) is 25.7. The van der Waals surface area contributed by atoms with Crippen LogP contribution in [0.2, 0.25) is 0 Å². The lowest BCUT2D eigenvalue weighted by molar-refractivity contribution is -0.148. The second-order valence-corrected chi connectivity index (χ2v) is 9.72. The first-order valence-electron chi connectivity index (χ1n) is 11.0. The average Bonchev–Trinajstić information content (AvgIpc) is 2.59. The minimum Gasteiger partial charge on any atom is -0.511 e. The fourth-order valence-electron chi connectivity index (χ4n) is 4.91. The summed E-state index contributed by atoms with van der Waals surface area (Å²) in [6, 6.07) is 0. The molecule has 0 heterocycles. The lowest BCUT2D eigenvalue weighted by Crippen LogP contribution is -2.53. The Morgan fingerprint density at radius 3 is 2.34 bits per heavy atom. The van der Waals surface area contributed by atoms with Crippen molar-refractivity contribution in [3.8, 4) is 0 Å². The zero-order valence-electron chi connectivity index (χ0n) is 19.0. The van der Waals surface area contributed by atoms with E-state index in [1.807, 2.05) is 0 Å². The smallest absolute Gasteiger partial charge is 0.170 e. The Balaban J connectivity index is 2.21. The third-order valence-corrected chi connectivity index (χ3v) is 6.75. The lowest BCUT2D eigenvalue weighted by atomic mass is 9.52. The summed E-state index contributed by atoms with van der Waals surface area (Å²) in [5, 5.41) is 10.2. The zero-order chi connectivity index (χ0) is 21.8. The molecule has 0 amide bonds. The number of Topliss-reactive ketones (excluding diaryl/α,β-unsaturated/α-hetero) is 1. The molecule has 1 saturated carbocycles. The first-order valence-corrected chi connectivity index (χ1v) is 11.0. The summed E-state index contributed by atoms with van der Waals surface area (Å²) in [5.74, 6) is -1.22. The normalized spacial score (nSPS) is 29.4. The van der Waals surface area contributed by atoms with Gasteiger partial charge in [-0.3, -0.25) is 9.59 Å². The van der Waals surface area contributed by atoms with Crippen LogP contribution in [0.5, 0.6) is 0 Å². The number of rotatable bonds is 8. The van der Waals surface area contributed by atoms with Gasteiger partial charge in [-0.25, -0.2) is 0 Å². The molecule has 2 bridgehead atoms. The highest BCUT2D eigenvalue weighted by atomic mass is 16.3. The van der Waals surface area contributed by atoms with E-state index in [1.165, 1.54) is 22.8 Å². The predicted octanol–water partition coefficient (Wildman–Crippen LogP) is 6.67. The zero-order valence-corrected chi connectivity index (χ0v) is 19.0. The molecule has 0 spiro atoms. The number of aliphatic hydroxyl groups excluding tert-OH is 1. The van der Waals surface area contributed by atoms with Gasteiger partial charge in [0.25, 0.3) is 0 Å². The molecule has 0 aliphatic heterocycles. The Morgan fingerprint density at radius 2 is 1.72 bits per heavy atom. The Hall–Kier alpha value is -1.90. The molecule has 0 aromatic rings. The second kappa shape index (κ2) is 9.73. The number of fused-ring (bicyclic) bond motifs is 2. The maximum atomic E-state index is 13.0. The van der Waals surface area contributed by atoms with Crippen molar-refractivity contribution in [3.63, 3.8) is 0 Å². The van der Waals surface area contributed by atoms with Crippen LogP contribution in [0.4, 0.5) is 0 Å². The van der Waals surface area contributed by atoms with Gasteiger partial charge in [0.05, 0.1) is 11.8 Å². The van der Waals surface area contributed by atoms with Gasteiger partial charge in [-0.05, 0) is 84.5 Å². The molecule has 1 N–H and O–H groups in total. The van der Waals surface area contributed by atoms with Crippen LogP contribution in [-0.4, -0.2) is 16.7 Å². The van der Waals surface area contributed by atoms with Gasteiger partial charge in [0.1, 0.15) is 5.76 Å². The summed E-state index contributed by atoms with van der Waals surface area (Å²) in [5.41, 5.74) is 3.58. The van der Waals surface area contributed by atoms with Crippen molar-refractivity contribution >= 4 is 11.6 Å². The summed E-state index contributed by atoms with van der Waals surface area (Å²) in [6.45, 7) is 12.7. The second-order valence-electron chi connectivity index (χ2n) is 9.72. The largest absolute Gasteiger partial charge is 0.511 e. The molecular weight excluding hydrogens is 360 g/mol. The number of ketones is 2. The van der Waals surface area contributed by atoms with Crippen molar-refractivity contribution in [1.29, 1.82) is 0 Å². The molecule has 2 aliphatic rings. The number of hydrogen-bond acceptors (Lipinski definition) is 3. The molecule has 4 atom stereocenters. The highest BCUT2D eigenvalue weighted by molar-refractivity contribution is 6.13. The van der Waals surface area contributed by atoms with Gasteiger partial charge in [0, 0.05) is 6.08 Å². The Kier molecular flexibility index (Phi) is 7.85. The van der Waals surface area contributed by atoms with Crippen molar-refractivity contribution < 1.29 is 14.7 Å². The van der Waals surface area contributed by atoms with Gasteiger partial charge in [0.2, 0.25) is 0 Å². The number of hydrogen-bond donors (Lipinski definition) is 1. The number of allylic oxidation sites excluding steroid dienone is 8. The first-order chi connectivity index (χ1) is 13.6. The van der Waals surface area contributed by atoms with Crippen LogP contribution >= 0.6 is 0 Å². The van der Waals surface area contributed by atoms with Crippen LogP contribution in [0, 0.1) is 23.2 Å². The molecule has 3 nitrogen and oxygen atoms in total. The minimum absolute atomic E-state index is 0.0319. The summed E-state index contributed by atoms with van der Waals surface area (Å²) < 4.78 is 0. The molecule has 2 rings (SSSR count). The van der Waals surface area contributed by atoms with Crippen molar-refractivity contribution in [2.24, 2.45) is 23.2 Å². The van der Waals surface area contributed by atoms with Crippen LogP contribution in [-0.2, 0) is 9.59 Å². The van der Waals surface area contributed by atoms with Gasteiger partial charge >= 0.3 is 0 Å². The number of carbonyl (C=O) groups excluding carboxylic acids is 2. The minimum atomic E-state index is -0.618. The Morgan fingerprint density at radius 1 is 1.07 bits per heavy atom. The van der Waals surface area contributed by atoms with Crippen molar-refractivity contribution in [1.82, 2.24) is 0 Å². The SMILES string of the molecule is CC(C)=CCC/C(C)=C/CC[C@]1(C)[C@@H](CC=C(C)C)C[C@H]2C(=O)[C@@H]1C(=O)C=C2O. The maximum Gasteiger partial charge on any atom is 0.170 e.